The van der Waals surface area contributed by atoms with Gasteiger partial charge in [-0.05, 0) is 13.8 Å². The molecule has 1 aromatic rings. The maximum atomic E-state index is 8.94. The van der Waals surface area contributed by atoms with E-state index in [0.29, 0.717) is 25.0 Å². The molecular weight excluding hydrogens is 232 g/mol. The van der Waals surface area contributed by atoms with Crippen LogP contribution in [0.4, 0.5) is 17.8 Å². The first-order valence-corrected chi connectivity index (χ1v) is 5.53. The van der Waals surface area contributed by atoms with Crippen LogP contribution in [0, 0.1) is 22.8 Å². The van der Waals surface area contributed by atoms with Crippen molar-refractivity contribution in [1.29, 1.82) is 10.5 Å². The SMILES string of the molecule is CCNc1nc(NCC)nc(N(C#N)CC#N)n1. The lowest BCUT2D eigenvalue weighted by atomic mass is 10.6. The molecule has 0 fully saturated rings. The maximum Gasteiger partial charge on any atom is 0.246 e. The molecule has 0 saturated heterocycles. The van der Waals surface area contributed by atoms with Crippen LogP contribution in [0.25, 0.3) is 0 Å². The zero-order chi connectivity index (χ0) is 13.4. The van der Waals surface area contributed by atoms with Crippen molar-refractivity contribution in [2.75, 3.05) is 35.2 Å². The zero-order valence-corrected chi connectivity index (χ0v) is 10.3. The molecule has 0 amide bonds. The molecule has 1 aromatic heterocycles. The smallest absolute Gasteiger partial charge is 0.246 e. The Morgan fingerprint density at radius 2 is 1.61 bits per heavy atom. The Kier molecular flexibility index (Phi) is 5.13. The van der Waals surface area contributed by atoms with Crippen molar-refractivity contribution in [2.24, 2.45) is 0 Å². The monoisotopic (exact) mass is 246 g/mol. The van der Waals surface area contributed by atoms with Crippen molar-refractivity contribution in [1.82, 2.24) is 15.0 Å². The summed E-state index contributed by atoms with van der Waals surface area (Å²) in [5, 5.41) is 23.5. The Morgan fingerprint density at radius 3 is 2.00 bits per heavy atom. The summed E-state index contributed by atoms with van der Waals surface area (Å²) in [7, 11) is 0. The van der Waals surface area contributed by atoms with Crippen LogP contribution < -0.4 is 15.5 Å². The first kappa shape index (κ1) is 13.5. The normalized spacial score (nSPS) is 9.11. The summed E-state index contributed by atoms with van der Waals surface area (Å²) < 4.78 is 0. The summed E-state index contributed by atoms with van der Waals surface area (Å²) in [5.41, 5.74) is 0. The van der Waals surface area contributed by atoms with Gasteiger partial charge >= 0.3 is 0 Å². The van der Waals surface area contributed by atoms with Gasteiger partial charge in [-0.3, -0.25) is 0 Å². The molecule has 0 radical (unpaired) electrons. The third-order valence-electron chi connectivity index (χ3n) is 1.88. The number of hydrogen-bond donors (Lipinski definition) is 2. The third-order valence-corrected chi connectivity index (χ3v) is 1.88. The molecule has 0 aliphatic heterocycles. The molecule has 8 heteroatoms. The number of aromatic nitrogens is 3. The first-order valence-electron chi connectivity index (χ1n) is 5.53. The zero-order valence-electron chi connectivity index (χ0n) is 10.3. The van der Waals surface area contributed by atoms with Gasteiger partial charge in [0.05, 0.1) is 6.07 Å². The second kappa shape index (κ2) is 6.86. The topological polar surface area (TPSA) is 114 Å². The third kappa shape index (κ3) is 3.46. The van der Waals surface area contributed by atoms with Gasteiger partial charge in [-0.15, -0.1) is 0 Å². The lowest BCUT2D eigenvalue weighted by molar-refractivity contribution is 0.942. The molecule has 8 nitrogen and oxygen atoms in total. The van der Waals surface area contributed by atoms with E-state index in [2.05, 4.69) is 25.6 Å². The van der Waals surface area contributed by atoms with Crippen molar-refractivity contribution < 1.29 is 0 Å². The summed E-state index contributed by atoms with van der Waals surface area (Å²) in [6, 6.07) is 1.88. The van der Waals surface area contributed by atoms with Gasteiger partial charge in [-0.25, -0.2) is 4.90 Å². The van der Waals surface area contributed by atoms with E-state index in [1.165, 1.54) is 0 Å². The van der Waals surface area contributed by atoms with Gasteiger partial charge in [0.25, 0.3) is 0 Å². The molecule has 2 N–H and O–H groups in total. The molecule has 0 aliphatic rings. The lowest BCUT2D eigenvalue weighted by Gasteiger charge is -2.12. The highest BCUT2D eigenvalue weighted by molar-refractivity contribution is 5.46. The molecule has 0 unspecified atom stereocenters. The van der Waals surface area contributed by atoms with Crippen LogP contribution in [-0.2, 0) is 0 Å². The van der Waals surface area contributed by atoms with E-state index in [9.17, 15) is 0 Å². The van der Waals surface area contributed by atoms with Crippen molar-refractivity contribution in [2.45, 2.75) is 13.8 Å². The van der Waals surface area contributed by atoms with Crippen LogP contribution in [0.3, 0.4) is 0 Å². The van der Waals surface area contributed by atoms with Crippen LogP contribution in [0.2, 0.25) is 0 Å². The van der Waals surface area contributed by atoms with E-state index in [4.69, 9.17) is 10.5 Å². The summed E-state index contributed by atoms with van der Waals surface area (Å²) in [4.78, 5) is 13.4. The molecular formula is C10H14N8. The number of anilines is 3. The highest BCUT2D eigenvalue weighted by Gasteiger charge is 2.12. The highest BCUT2D eigenvalue weighted by atomic mass is 15.3. The van der Waals surface area contributed by atoms with Crippen molar-refractivity contribution in [3.63, 3.8) is 0 Å². The van der Waals surface area contributed by atoms with Crippen LogP contribution in [0.1, 0.15) is 13.8 Å². The number of nitrogens with one attached hydrogen (secondary N) is 2. The van der Waals surface area contributed by atoms with Gasteiger partial charge in [-0.2, -0.15) is 25.5 Å². The molecule has 0 aliphatic carbocycles. The summed E-state index contributed by atoms with van der Waals surface area (Å²) in [5.74, 6) is 0.897. The Morgan fingerprint density at radius 1 is 1.06 bits per heavy atom. The van der Waals surface area contributed by atoms with Crippen molar-refractivity contribution in [3.8, 4) is 12.3 Å². The van der Waals surface area contributed by atoms with Gasteiger partial charge in [0, 0.05) is 13.1 Å². The van der Waals surface area contributed by atoms with Gasteiger partial charge in [-0.1, -0.05) is 0 Å². The number of nitriles is 2. The fourth-order valence-electron chi connectivity index (χ4n) is 1.18. The van der Waals surface area contributed by atoms with Gasteiger partial charge < -0.3 is 10.6 Å². The standard InChI is InChI=1S/C10H14N8/c1-3-13-8-15-9(14-4-2)17-10(16-8)18(7-12)6-5-11/h3-4,6H2,1-2H3,(H2,13,14,15,16,17). The lowest BCUT2D eigenvalue weighted by Crippen LogP contribution is -2.21. The predicted molar refractivity (Wildman–Crippen MR) is 66.7 cm³/mol. The number of nitrogens with zero attached hydrogens (tertiary/aromatic N) is 6. The minimum Gasteiger partial charge on any atom is -0.354 e. The van der Waals surface area contributed by atoms with Crippen molar-refractivity contribution in [3.05, 3.63) is 0 Å². The molecule has 1 heterocycles. The van der Waals surface area contributed by atoms with E-state index in [0.717, 1.165) is 4.90 Å². The highest BCUT2D eigenvalue weighted by Crippen LogP contribution is 2.12. The van der Waals surface area contributed by atoms with E-state index in [1.54, 1.807) is 0 Å². The van der Waals surface area contributed by atoms with Crippen LogP contribution >= 0.6 is 0 Å². The molecule has 94 valence electrons. The van der Waals surface area contributed by atoms with Gasteiger partial charge in [0.1, 0.15) is 6.54 Å². The van der Waals surface area contributed by atoms with Crippen LogP contribution in [-0.4, -0.2) is 34.6 Å². The maximum absolute atomic E-state index is 8.94. The Bertz CT molecular complexity index is 447. The first-order chi connectivity index (χ1) is 8.74. The van der Waals surface area contributed by atoms with E-state index < -0.39 is 0 Å². The van der Waals surface area contributed by atoms with Crippen LogP contribution in [0.15, 0.2) is 0 Å². The average molecular weight is 246 g/mol. The molecule has 0 aromatic carbocycles. The Labute approximate surface area is 105 Å². The van der Waals surface area contributed by atoms with E-state index in [1.807, 2.05) is 26.1 Å². The summed E-state index contributed by atoms with van der Waals surface area (Å²) >= 11 is 0. The van der Waals surface area contributed by atoms with E-state index >= 15 is 0 Å². The fraction of sp³-hybridized carbons (Fsp3) is 0.500. The quantitative estimate of drug-likeness (QED) is 0.425. The van der Waals surface area contributed by atoms with Gasteiger partial charge in [0.15, 0.2) is 6.19 Å². The summed E-state index contributed by atoms with van der Waals surface area (Å²) in [6.45, 7) is 5.03. The molecule has 0 atom stereocenters. The average Bonchev–Trinajstić information content (AvgIpc) is 2.36. The Balaban J connectivity index is 3.09. The molecule has 18 heavy (non-hydrogen) atoms. The molecule has 0 bridgehead atoms. The molecule has 0 saturated carbocycles. The minimum absolute atomic E-state index is 0.0996. The number of rotatable bonds is 6. The summed E-state index contributed by atoms with van der Waals surface area (Å²) in [6.07, 6.45) is 1.86. The number of hydrogen-bond acceptors (Lipinski definition) is 8. The van der Waals surface area contributed by atoms with Crippen molar-refractivity contribution >= 4 is 17.8 Å². The van der Waals surface area contributed by atoms with E-state index in [-0.39, 0.29) is 12.5 Å². The fourth-order valence-corrected chi connectivity index (χ4v) is 1.18. The Hall–Kier alpha value is -2.61. The largest absolute Gasteiger partial charge is 0.354 e. The van der Waals surface area contributed by atoms with Crippen LogP contribution in [0.5, 0.6) is 0 Å². The second-order valence-electron chi connectivity index (χ2n) is 3.19. The minimum atomic E-state index is -0.0996. The van der Waals surface area contributed by atoms with Gasteiger partial charge in [0.2, 0.25) is 17.8 Å². The molecule has 1 rings (SSSR count). The molecule has 0 spiro atoms. The second-order valence-corrected chi connectivity index (χ2v) is 3.19. The predicted octanol–water partition coefficient (Wildman–Crippen LogP) is 0.546.